The molecule has 1 saturated carbocycles. The Bertz CT molecular complexity index is 1370. The maximum atomic E-state index is 13.8. The molecule has 2 amide bonds. The van der Waals surface area contributed by atoms with E-state index < -0.39 is 5.91 Å². The van der Waals surface area contributed by atoms with Crippen LogP contribution in [0.1, 0.15) is 76.2 Å². The van der Waals surface area contributed by atoms with Crippen LogP contribution in [0.25, 0.3) is 0 Å². The Morgan fingerprint density at radius 1 is 0.950 bits per heavy atom. The molecule has 0 bridgehead atoms. The summed E-state index contributed by atoms with van der Waals surface area (Å²) in [7, 11) is 0. The van der Waals surface area contributed by atoms with Crippen molar-refractivity contribution in [3.05, 3.63) is 82.7 Å². The maximum absolute atomic E-state index is 13.8. The fourth-order valence-electron chi connectivity index (χ4n) is 5.81. The predicted octanol–water partition coefficient (Wildman–Crippen LogP) is 5.05. The molecule has 8 heteroatoms. The van der Waals surface area contributed by atoms with Crippen LogP contribution in [0.3, 0.4) is 0 Å². The number of ether oxygens (including phenoxy) is 2. The first kappa shape index (κ1) is 27.5. The van der Waals surface area contributed by atoms with E-state index >= 15 is 0 Å². The van der Waals surface area contributed by atoms with Gasteiger partial charge in [-0.3, -0.25) is 14.4 Å². The summed E-state index contributed by atoms with van der Waals surface area (Å²) in [6.45, 7) is 2.68. The number of hydrogen-bond donors (Lipinski definition) is 1. The molecule has 1 fully saturated rings. The number of Topliss-reactive ketones (excluding diaryl/α,β-unsaturated/α-hetero) is 1. The Balaban J connectivity index is 1.39. The molecule has 2 heterocycles. The lowest BCUT2D eigenvalue weighted by Gasteiger charge is -2.27. The highest BCUT2D eigenvalue weighted by Crippen LogP contribution is 2.33. The Morgan fingerprint density at radius 3 is 2.45 bits per heavy atom. The molecule has 8 nitrogen and oxygen atoms in total. The Labute approximate surface area is 235 Å². The molecular weight excluding hydrogens is 506 g/mol. The van der Waals surface area contributed by atoms with Gasteiger partial charge in [-0.1, -0.05) is 55.7 Å². The zero-order valence-electron chi connectivity index (χ0n) is 23.1. The van der Waals surface area contributed by atoms with Gasteiger partial charge in [0.1, 0.15) is 0 Å². The first-order valence-electron chi connectivity index (χ1n) is 14.1. The van der Waals surface area contributed by atoms with Crippen molar-refractivity contribution in [2.75, 3.05) is 13.3 Å². The smallest absolute Gasteiger partial charge is 0.250 e. The van der Waals surface area contributed by atoms with E-state index in [0.29, 0.717) is 53.8 Å². The number of nitrogens with zero attached hydrogens (tertiary/aromatic N) is 2. The predicted molar refractivity (Wildman–Crippen MR) is 151 cm³/mol. The molecule has 2 aromatic carbocycles. The molecule has 0 spiro atoms. The van der Waals surface area contributed by atoms with Gasteiger partial charge in [-0.15, -0.1) is 0 Å². The molecule has 1 aromatic heterocycles. The standard InChI is InChI=1S/C32H37N3O5/c1-22-26(32(33)38)18-27(35(22)15-14-23-8-4-2-5-9-23)28(36)20-34(31(37)17-24-10-6-3-7-11-24)19-25-12-13-29-30(16-25)40-21-39-29/h2,4-5,8-9,12-13,16,18,24H,3,6-7,10-11,14-15,17,19-21H2,1H3,(H2,33,38). The van der Waals surface area contributed by atoms with Crippen LogP contribution in [0.5, 0.6) is 11.5 Å². The van der Waals surface area contributed by atoms with E-state index in [9.17, 15) is 14.4 Å². The number of carbonyl (C=O) groups excluding carboxylic acids is 3. The van der Waals surface area contributed by atoms with Crippen molar-refractivity contribution in [1.82, 2.24) is 9.47 Å². The van der Waals surface area contributed by atoms with E-state index in [1.807, 2.05) is 53.1 Å². The van der Waals surface area contributed by atoms with Gasteiger partial charge in [-0.25, -0.2) is 0 Å². The number of amides is 2. The van der Waals surface area contributed by atoms with Crippen molar-refractivity contribution >= 4 is 17.6 Å². The largest absolute Gasteiger partial charge is 0.454 e. The molecule has 0 atom stereocenters. The van der Waals surface area contributed by atoms with Gasteiger partial charge in [0, 0.05) is 25.2 Å². The zero-order valence-corrected chi connectivity index (χ0v) is 23.1. The lowest BCUT2D eigenvalue weighted by molar-refractivity contribution is -0.132. The number of fused-ring (bicyclic) bond motifs is 1. The number of benzene rings is 2. The number of rotatable bonds is 11. The number of hydrogen-bond acceptors (Lipinski definition) is 5. The molecule has 5 rings (SSSR count). The number of ketones is 1. The van der Waals surface area contributed by atoms with Crippen molar-refractivity contribution in [1.29, 1.82) is 0 Å². The highest BCUT2D eigenvalue weighted by Gasteiger charge is 2.27. The normalized spacial score (nSPS) is 14.7. The van der Waals surface area contributed by atoms with Gasteiger partial charge in [0.15, 0.2) is 17.3 Å². The molecule has 2 N–H and O–H groups in total. The number of aromatic nitrogens is 1. The van der Waals surface area contributed by atoms with Gasteiger partial charge in [-0.2, -0.15) is 0 Å². The Hall–Kier alpha value is -4.07. The van der Waals surface area contributed by atoms with Crippen LogP contribution < -0.4 is 15.2 Å². The third-order valence-corrected chi connectivity index (χ3v) is 8.07. The number of nitrogens with two attached hydrogens (primary N) is 1. The van der Waals surface area contributed by atoms with Gasteiger partial charge >= 0.3 is 0 Å². The van der Waals surface area contributed by atoms with E-state index in [2.05, 4.69) is 0 Å². The van der Waals surface area contributed by atoms with Gasteiger partial charge in [-0.05, 0) is 61.4 Å². The van der Waals surface area contributed by atoms with Crippen molar-refractivity contribution in [3.63, 3.8) is 0 Å². The van der Waals surface area contributed by atoms with Crippen LogP contribution in [0.2, 0.25) is 0 Å². The van der Waals surface area contributed by atoms with Crippen LogP contribution in [0.4, 0.5) is 0 Å². The van der Waals surface area contributed by atoms with E-state index in [1.54, 1.807) is 17.9 Å². The van der Waals surface area contributed by atoms with Crippen molar-refractivity contribution < 1.29 is 23.9 Å². The second-order valence-corrected chi connectivity index (χ2v) is 10.8. The Kier molecular flexibility index (Phi) is 8.53. The van der Waals surface area contributed by atoms with Gasteiger partial charge in [0.05, 0.1) is 17.8 Å². The molecule has 1 aliphatic carbocycles. The van der Waals surface area contributed by atoms with E-state index in [1.165, 1.54) is 6.42 Å². The third-order valence-electron chi connectivity index (χ3n) is 8.07. The summed E-state index contributed by atoms with van der Waals surface area (Å²) in [5.41, 5.74) is 9.02. The molecular formula is C32H37N3O5. The topological polar surface area (TPSA) is 104 Å². The monoisotopic (exact) mass is 543 g/mol. The molecule has 0 saturated heterocycles. The highest BCUT2D eigenvalue weighted by molar-refractivity contribution is 6.02. The molecule has 40 heavy (non-hydrogen) atoms. The Morgan fingerprint density at radius 2 is 1.70 bits per heavy atom. The number of carbonyl (C=O) groups is 3. The first-order valence-corrected chi connectivity index (χ1v) is 14.1. The van der Waals surface area contributed by atoms with Crippen LogP contribution >= 0.6 is 0 Å². The summed E-state index contributed by atoms with van der Waals surface area (Å²) in [6, 6.07) is 17.2. The van der Waals surface area contributed by atoms with Gasteiger partial charge < -0.3 is 24.7 Å². The molecule has 0 radical (unpaired) electrons. The van der Waals surface area contributed by atoms with E-state index in [-0.39, 0.29) is 31.6 Å². The fourth-order valence-corrected chi connectivity index (χ4v) is 5.81. The lowest BCUT2D eigenvalue weighted by atomic mass is 9.86. The average molecular weight is 544 g/mol. The molecule has 3 aromatic rings. The second kappa shape index (κ2) is 12.4. The van der Waals surface area contributed by atoms with Crippen molar-refractivity contribution in [2.45, 2.75) is 65.0 Å². The molecule has 0 unspecified atom stereocenters. The van der Waals surface area contributed by atoms with Gasteiger partial charge in [0.2, 0.25) is 12.7 Å². The van der Waals surface area contributed by atoms with E-state index in [4.69, 9.17) is 15.2 Å². The van der Waals surface area contributed by atoms with Crippen LogP contribution in [0, 0.1) is 12.8 Å². The lowest BCUT2D eigenvalue weighted by Crippen LogP contribution is -2.37. The number of aryl methyl sites for hydroxylation is 1. The van der Waals surface area contributed by atoms with Crippen molar-refractivity contribution in [2.24, 2.45) is 11.7 Å². The quantitative estimate of drug-likeness (QED) is 0.341. The van der Waals surface area contributed by atoms with Gasteiger partial charge in [0.25, 0.3) is 5.91 Å². The summed E-state index contributed by atoms with van der Waals surface area (Å²) < 4.78 is 12.8. The maximum Gasteiger partial charge on any atom is 0.250 e. The highest BCUT2D eigenvalue weighted by atomic mass is 16.7. The minimum atomic E-state index is -0.574. The summed E-state index contributed by atoms with van der Waals surface area (Å²) >= 11 is 0. The SMILES string of the molecule is Cc1c(C(N)=O)cc(C(=O)CN(Cc2ccc3c(c2)OCO3)C(=O)CC2CCCCC2)n1CCc1ccccc1. The number of primary amides is 1. The third kappa shape index (κ3) is 6.38. The summed E-state index contributed by atoms with van der Waals surface area (Å²) in [5, 5.41) is 0. The van der Waals surface area contributed by atoms with Crippen molar-refractivity contribution in [3.8, 4) is 11.5 Å². The summed E-state index contributed by atoms with van der Waals surface area (Å²) in [5.74, 6) is 0.823. The zero-order chi connectivity index (χ0) is 28.1. The summed E-state index contributed by atoms with van der Waals surface area (Å²) in [6.07, 6.45) is 6.70. The molecule has 210 valence electrons. The molecule has 2 aliphatic rings. The van der Waals surface area contributed by atoms with Crippen LogP contribution in [-0.4, -0.2) is 40.4 Å². The fraction of sp³-hybridized carbons (Fsp3) is 0.406. The minimum absolute atomic E-state index is 0.0350. The van der Waals surface area contributed by atoms with Crippen LogP contribution in [-0.2, 0) is 24.3 Å². The first-order chi connectivity index (χ1) is 19.4. The van der Waals surface area contributed by atoms with E-state index in [0.717, 1.165) is 36.8 Å². The summed E-state index contributed by atoms with van der Waals surface area (Å²) in [4.78, 5) is 41.3. The second-order valence-electron chi connectivity index (χ2n) is 10.8. The van der Waals surface area contributed by atoms with Crippen LogP contribution in [0.15, 0.2) is 54.6 Å². The molecule has 1 aliphatic heterocycles. The minimum Gasteiger partial charge on any atom is -0.454 e. The average Bonchev–Trinajstić information content (AvgIpc) is 3.56.